The van der Waals surface area contributed by atoms with E-state index in [1.165, 1.54) is 18.2 Å². The fourth-order valence-corrected chi connectivity index (χ4v) is 2.18. The minimum atomic E-state index is -1.06. The van der Waals surface area contributed by atoms with Gasteiger partial charge in [0.25, 0.3) is 0 Å². The molecule has 0 saturated heterocycles. The van der Waals surface area contributed by atoms with Crippen molar-refractivity contribution in [3.8, 4) is 6.07 Å². The SMILES string of the molecule is Cc1cccc(C(=O)C(C#N)c2cccc(F)c2)c1Cl. The van der Waals surface area contributed by atoms with E-state index in [2.05, 4.69) is 0 Å². The summed E-state index contributed by atoms with van der Waals surface area (Å²) < 4.78 is 13.2. The predicted octanol–water partition coefficient (Wildman–Crippen LogP) is 4.28. The molecule has 2 aromatic rings. The Balaban J connectivity index is 2.45. The average molecular weight is 288 g/mol. The van der Waals surface area contributed by atoms with Gasteiger partial charge in [0.2, 0.25) is 0 Å². The molecule has 0 aliphatic carbocycles. The van der Waals surface area contributed by atoms with E-state index in [0.717, 1.165) is 5.56 Å². The van der Waals surface area contributed by atoms with E-state index in [1.54, 1.807) is 31.2 Å². The standard InChI is InChI=1S/C16H11ClFNO/c1-10-4-2-7-13(15(10)17)16(20)14(9-19)11-5-3-6-12(18)8-11/h2-8,14H,1H3. The quantitative estimate of drug-likeness (QED) is 0.791. The molecular weight excluding hydrogens is 277 g/mol. The second-order valence-electron chi connectivity index (χ2n) is 4.42. The van der Waals surface area contributed by atoms with Crippen LogP contribution in [-0.2, 0) is 0 Å². The first-order chi connectivity index (χ1) is 9.54. The number of nitriles is 1. The minimum Gasteiger partial charge on any atom is -0.292 e. The molecule has 0 fully saturated rings. The van der Waals surface area contributed by atoms with Crippen LogP contribution in [0.5, 0.6) is 0 Å². The Morgan fingerprint density at radius 1 is 1.30 bits per heavy atom. The molecule has 0 radical (unpaired) electrons. The van der Waals surface area contributed by atoms with Crippen LogP contribution < -0.4 is 0 Å². The van der Waals surface area contributed by atoms with Gasteiger partial charge in [-0.1, -0.05) is 35.9 Å². The lowest BCUT2D eigenvalue weighted by molar-refractivity contribution is 0.0979. The van der Waals surface area contributed by atoms with Crippen LogP contribution in [0.1, 0.15) is 27.4 Å². The summed E-state index contributed by atoms with van der Waals surface area (Å²) in [6.45, 7) is 1.78. The van der Waals surface area contributed by atoms with Crippen molar-refractivity contribution in [3.05, 3.63) is 70.0 Å². The fourth-order valence-electron chi connectivity index (χ4n) is 1.96. The van der Waals surface area contributed by atoms with Gasteiger partial charge in [-0.05, 0) is 36.2 Å². The zero-order valence-corrected chi connectivity index (χ0v) is 11.5. The number of nitrogens with zero attached hydrogens (tertiary/aromatic N) is 1. The molecule has 0 amide bonds. The molecule has 2 rings (SSSR count). The maximum absolute atomic E-state index is 13.2. The van der Waals surface area contributed by atoms with Crippen LogP contribution in [0, 0.1) is 24.1 Å². The zero-order valence-electron chi connectivity index (χ0n) is 10.7. The summed E-state index contributed by atoms with van der Waals surface area (Å²) >= 11 is 6.10. The Morgan fingerprint density at radius 3 is 2.65 bits per heavy atom. The molecule has 1 atom stereocenters. The van der Waals surface area contributed by atoms with Crippen LogP contribution in [0.15, 0.2) is 42.5 Å². The van der Waals surface area contributed by atoms with Crippen LogP contribution in [0.25, 0.3) is 0 Å². The number of carbonyl (C=O) groups excluding carboxylic acids is 1. The maximum atomic E-state index is 13.2. The third-order valence-corrected chi connectivity index (χ3v) is 3.53. The van der Waals surface area contributed by atoms with E-state index in [-0.39, 0.29) is 5.56 Å². The first kappa shape index (κ1) is 14.2. The van der Waals surface area contributed by atoms with Gasteiger partial charge in [-0.25, -0.2) is 4.39 Å². The number of carbonyl (C=O) groups is 1. The lowest BCUT2D eigenvalue weighted by atomic mass is 9.91. The molecule has 0 aromatic heterocycles. The number of hydrogen-bond acceptors (Lipinski definition) is 2. The van der Waals surface area contributed by atoms with Crippen LogP contribution >= 0.6 is 11.6 Å². The zero-order chi connectivity index (χ0) is 14.7. The van der Waals surface area contributed by atoms with Crippen molar-refractivity contribution in [3.63, 3.8) is 0 Å². The summed E-state index contributed by atoms with van der Waals surface area (Å²) in [5, 5.41) is 9.55. The average Bonchev–Trinajstić information content (AvgIpc) is 2.42. The number of rotatable bonds is 3. The lowest BCUT2D eigenvalue weighted by Gasteiger charge is -2.11. The highest BCUT2D eigenvalue weighted by Gasteiger charge is 2.24. The van der Waals surface area contributed by atoms with Crippen molar-refractivity contribution in [2.75, 3.05) is 0 Å². The molecule has 2 aromatic carbocycles. The Kier molecular flexibility index (Phi) is 4.16. The Morgan fingerprint density at radius 2 is 2.00 bits per heavy atom. The number of halogens is 2. The molecule has 20 heavy (non-hydrogen) atoms. The van der Waals surface area contributed by atoms with Gasteiger partial charge < -0.3 is 0 Å². The van der Waals surface area contributed by atoms with E-state index in [1.807, 2.05) is 6.07 Å². The third kappa shape index (κ3) is 2.71. The molecule has 1 unspecified atom stereocenters. The molecule has 0 aliphatic rings. The molecule has 0 saturated carbocycles. The van der Waals surface area contributed by atoms with Crippen molar-refractivity contribution in [2.24, 2.45) is 0 Å². The second kappa shape index (κ2) is 5.85. The molecule has 100 valence electrons. The van der Waals surface area contributed by atoms with Gasteiger partial charge in [0.1, 0.15) is 11.7 Å². The first-order valence-corrected chi connectivity index (χ1v) is 6.37. The molecule has 0 heterocycles. The normalized spacial score (nSPS) is 11.7. The number of hydrogen-bond donors (Lipinski definition) is 0. The van der Waals surface area contributed by atoms with Gasteiger partial charge in [0, 0.05) is 5.56 Å². The number of ketones is 1. The van der Waals surface area contributed by atoms with E-state index in [4.69, 9.17) is 11.6 Å². The monoisotopic (exact) mass is 287 g/mol. The Hall–Kier alpha value is -2.18. The number of Topliss-reactive ketones (excluding diaryl/α,β-unsaturated/α-hetero) is 1. The smallest absolute Gasteiger partial charge is 0.185 e. The summed E-state index contributed by atoms with van der Waals surface area (Å²) in [7, 11) is 0. The summed E-state index contributed by atoms with van der Waals surface area (Å²) in [5.41, 5.74) is 1.37. The maximum Gasteiger partial charge on any atom is 0.185 e. The topological polar surface area (TPSA) is 40.9 Å². The summed E-state index contributed by atoms with van der Waals surface area (Å²) in [5.74, 6) is -1.97. The largest absolute Gasteiger partial charge is 0.292 e. The Labute approximate surface area is 121 Å². The van der Waals surface area contributed by atoms with E-state index in [9.17, 15) is 14.4 Å². The number of benzene rings is 2. The summed E-state index contributed by atoms with van der Waals surface area (Å²) in [6.07, 6.45) is 0. The number of aryl methyl sites for hydroxylation is 1. The van der Waals surface area contributed by atoms with Crippen LogP contribution in [-0.4, -0.2) is 5.78 Å². The second-order valence-corrected chi connectivity index (χ2v) is 4.80. The van der Waals surface area contributed by atoms with Gasteiger partial charge in [0.05, 0.1) is 11.1 Å². The highest BCUT2D eigenvalue weighted by atomic mass is 35.5. The van der Waals surface area contributed by atoms with E-state index in [0.29, 0.717) is 10.6 Å². The van der Waals surface area contributed by atoms with Crippen LogP contribution in [0.4, 0.5) is 4.39 Å². The van der Waals surface area contributed by atoms with Crippen molar-refractivity contribution in [2.45, 2.75) is 12.8 Å². The van der Waals surface area contributed by atoms with Crippen LogP contribution in [0.2, 0.25) is 5.02 Å². The molecule has 0 bridgehead atoms. The molecule has 0 spiro atoms. The minimum absolute atomic E-state index is 0.280. The highest BCUT2D eigenvalue weighted by Crippen LogP contribution is 2.27. The predicted molar refractivity (Wildman–Crippen MR) is 75.3 cm³/mol. The van der Waals surface area contributed by atoms with Crippen molar-refractivity contribution in [1.29, 1.82) is 5.26 Å². The highest BCUT2D eigenvalue weighted by molar-refractivity contribution is 6.35. The summed E-state index contributed by atoms with van der Waals surface area (Å²) in [4.78, 5) is 12.4. The van der Waals surface area contributed by atoms with Crippen molar-refractivity contribution < 1.29 is 9.18 Å². The van der Waals surface area contributed by atoms with E-state index < -0.39 is 17.5 Å². The van der Waals surface area contributed by atoms with Gasteiger partial charge >= 0.3 is 0 Å². The van der Waals surface area contributed by atoms with Crippen molar-refractivity contribution in [1.82, 2.24) is 0 Å². The summed E-state index contributed by atoms with van der Waals surface area (Å²) in [6, 6.07) is 12.5. The first-order valence-electron chi connectivity index (χ1n) is 5.99. The molecule has 2 nitrogen and oxygen atoms in total. The molecular formula is C16H11ClFNO. The Bertz CT molecular complexity index is 706. The third-order valence-electron chi connectivity index (χ3n) is 3.03. The molecule has 0 N–H and O–H groups in total. The van der Waals surface area contributed by atoms with E-state index >= 15 is 0 Å². The van der Waals surface area contributed by atoms with Gasteiger partial charge in [-0.3, -0.25) is 4.79 Å². The van der Waals surface area contributed by atoms with Gasteiger partial charge in [-0.15, -0.1) is 0 Å². The van der Waals surface area contributed by atoms with Gasteiger partial charge in [0.15, 0.2) is 5.78 Å². The van der Waals surface area contributed by atoms with Crippen LogP contribution in [0.3, 0.4) is 0 Å². The van der Waals surface area contributed by atoms with Gasteiger partial charge in [-0.2, -0.15) is 5.26 Å². The molecule has 4 heteroatoms. The fraction of sp³-hybridized carbons (Fsp3) is 0.125. The molecule has 0 aliphatic heterocycles. The lowest BCUT2D eigenvalue weighted by Crippen LogP contribution is -2.12. The van der Waals surface area contributed by atoms with Crippen molar-refractivity contribution >= 4 is 17.4 Å².